The Hall–Kier alpha value is -2.08. The number of aliphatic carboxylic acids is 1. The average Bonchev–Trinajstić information content (AvgIpc) is 3.08. The van der Waals surface area contributed by atoms with E-state index in [0.717, 1.165) is 6.42 Å². The molecule has 0 spiro atoms. The molecule has 1 saturated carbocycles. The van der Waals surface area contributed by atoms with Crippen LogP contribution in [0.5, 0.6) is 0 Å². The molecule has 6 nitrogen and oxygen atoms in total. The van der Waals surface area contributed by atoms with Gasteiger partial charge in [-0.15, -0.1) is 0 Å². The average molecular weight is 381 g/mol. The standard InChI is InChI=1S/C19H25ClN2O4/c1-3-11(2)16(22-17(23)12-4-7-14(20)8-5-12)18(24)21-15-9-6-13(10-15)19(25)26/h4-5,7-8,11,13,15-16H,3,6,9-10H2,1-2H3,(H,21,24)(H,22,23)(H,25,26)/t11?,13-,15+,16?/m0/s1. The van der Waals surface area contributed by atoms with E-state index in [-0.39, 0.29) is 23.8 Å². The van der Waals surface area contributed by atoms with E-state index in [1.54, 1.807) is 24.3 Å². The lowest BCUT2D eigenvalue weighted by Gasteiger charge is -2.25. The minimum absolute atomic E-state index is 0.0528. The lowest BCUT2D eigenvalue weighted by atomic mass is 9.97. The van der Waals surface area contributed by atoms with Crippen LogP contribution in [-0.2, 0) is 9.59 Å². The van der Waals surface area contributed by atoms with Gasteiger partial charge in [0.05, 0.1) is 5.92 Å². The molecule has 0 radical (unpaired) electrons. The van der Waals surface area contributed by atoms with Gasteiger partial charge >= 0.3 is 5.97 Å². The third kappa shape index (κ3) is 5.21. The summed E-state index contributed by atoms with van der Waals surface area (Å²) in [4.78, 5) is 36.2. The monoisotopic (exact) mass is 380 g/mol. The van der Waals surface area contributed by atoms with Gasteiger partial charge in [-0.05, 0) is 49.4 Å². The van der Waals surface area contributed by atoms with E-state index < -0.39 is 17.9 Å². The van der Waals surface area contributed by atoms with Gasteiger partial charge in [-0.3, -0.25) is 14.4 Å². The molecule has 0 heterocycles. The first-order valence-electron chi connectivity index (χ1n) is 8.91. The summed E-state index contributed by atoms with van der Waals surface area (Å²) in [6.45, 7) is 3.86. The summed E-state index contributed by atoms with van der Waals surface area (Å²) in [7, 11) is 0. The number of hydrogen-bond donors (Lipinski definition) is 3. The number of rotatable bonds is 7. The van der Waals surface area contributed by atoms with Crippen molar-refractivity contribution >= 4 is 29.4 Å². The van der Waals surface area contributed by atoms with Crippen LogP contribution in [0.25, 0.3) is 0 Å². The molecule has 2 amide bonds. The number of carboxylic acids is 1. The number of benzene rings is 1. The van der Waals surface area contributed by atoms with Crippen molar-refractivity contribution in [1.29, 1.82) is 0 Å². The highest BCUT2D eigenvalue weighted by atomic mass is 35.5. The largest absolute Gasteiger partial charge is 0.481 e. The summed E-state index contributed by atoms with van der Waals surface area (Å²) in [5.74, 6) is -1.89. The van der Waals surface area contributed by atoms with Crippen molar-refractivity contribution in [1.82, 2.24) is 10.6 Å². The molecule has 4 atom stereocenters. The van der Waals surface area contributed by atoms with Gasteiger partial charge in [-0.2, -0.15) is 0 Å². The maximum atomic E-state index is 12.7. The summed E-state index contributed by atoms with van der Waals surface area (Å²) in [5.41, 5.74) is 0.433. The zero-order valence-electron chi connectivity index (χ0n) is 15.0. The lowest BCUT2D eigenvalue weighted by Crippen LogP contribution is -2.52. The molecular formula is C19H25ClN2O4. The Balaban J connectivity index is 2.02. The van der Waals surface area contributed by atoms with Crippen LogP contribution in [0.2, 0.25) is 5.02 Å². The topological polar surface area (TPSA) is 95.5 Å². The Morgan fingerprint density at radius 1 is 1.23 bits per heavy atom. The van der Waals surface area contributed by atoms with Gasteiger partial charge in [-0.25, -0.2) is 0 Å². The Kier molecular flexibility index (Phi) is 7.03. The number of halogens is 1. The molecule has 0 bridgehead atoms. The first-order chi connectivity index (χ1) is 12.3. The van der Waals surface area contributed by atoms with Gasteiger partial charge in [-0.1, -0.05) is 31.9 Å². The van der Waals surface area contributed by atoms with Crippen LogP contribution in [0.1, 0.15) is 49.9 Å². The molecule has 0 saturated heterocycles. The highest BCUT2D eigenvalue weighted by molar-refractivity contribution is 6.30. The lowest BCUT2D eigenvalue weighted by molar-refractivity contribution is -0.141. The van der Waals surface area contributed by atoms with Crippen LogP contribution in [0, 0.1) is 11.8 Å². The van der Waals surface area contributed by atoms with Crippen molar-refractivity contribution in [3.63, 3.8) is 0 Å². The summed E-state index contributed by atoms with van der Waals surface area (Å²) in [6, 6.07) is 5.63. The summed E-state index contributed by atoms with van der Waals surface area (Å²) in [5, 5.41) is 15.3. The van der Waals surface area contributed by atoms with E-state index in [4.69, 9.17) is 16.7 Å². The Morgan fingerprint density at radius 2 is 1.88 bits per heavy atom. The quantitative estimate of drug-likeness (QED) is 0.677. The van der Waals surface area contributed by atoms with Crippen LogP contribution in [-0.4, -0.2) is 35.0 Å². The first-order valence-corrected chi connectivity index (χ1v) is 9.29. The fraction of sp³-hybridized carbons (Fsp3) is 0.526. The van der Waals surface area contributed by atoms with Crippen molar-refractivity contribution in [2.75, 3.05) is 0 Å². The molecule has 2 rings (SSSR count). The minimum Gasteiger partial charge on any atom is -0.481 e. The fourth-order valence-electron chi connectivity index (χ4n) is 3.16. The number of amides is 2. The van der Waals surface area contributed by atoms with E-state index in [2.05, 4.69) is 10.6 Å². The maximum absolute atomic E-state index is 12.7. The van der Waals surface area contributed by atoms with Crippen LogP contribution < -0.4 is 10.6 Å². The molecule has 142 valence electrons. The molecular weight excluding hydrogens is 356 g/mol. The van der Waals surface area contributed by atoms with E-state index in [1.807, 2.05) is 13.8 Å². The molecule has 1 aliphatic carbocycles. The Bertz CT molecular complexity index is 662. The summed E-state index contributed by atoms with van der Waals surface area (Å²) in [6.07, 6.45) is 2.35. The van der Waals surface area contributed by atoms with Gasteiger partial charge < -0.3 is 15.7 Å². The van der Waals surface area contributed by atoms with Crippen molar-refractivity contribution in [3.8, 4) is 0 Å². The number of nitrogens with one attached hydrogen (secondary N) is 2. The number of hydrogen-bond acceptors (Lipinski definition) is 3. The van der Waals surface area contributed by atoms with Crippen LogP contribution in [0.4, 0.5) is 0 Å². The second kappa shape index (κ2) is 9.03. The minimum atomic E-state index is -0.823. The fourth-order valence-corrected chi connectivity index (χ4v) is 3.28. The predicted molar refractivity (Wildman–Crippen MR) is 99.1 cm³/mol. The normalized spacial score (nSPS) is 21.7. The maximum Gasteiger partial charge on any atom is 0.306 e. The highest BCUT2D eigenvalue weighted by Gasteiger charge is 2.33. The Labute approximate surface area is 158 Å². The van der Waals surface area contributed by atoms with Gasteiger partial charge in [0.15, 0.2) is 0 Å². The molecule has 0 aliphatic heterocycles. The second-order valence-electron chi connectivity index (χ2n) is 6.90. The Morgan fingerprint density at radius 3 is 2.42 bits per heavy atom. The van der Waals surface area contributed by atoms with Crippen molar-refractivity contribution < 1.29 is 19.5 Å². The van der Waals surface area contributed by atoms with Crippen LogP contribution in [0.3, 0.4) is 0 Å². The van der Waals surface area contributed by atoms with E-state index >= 15 is 0 Å². The molecule has 1 aromatic rings. The summed E-state index contributed by atoms with van der Waals surface area (Å²) < 4.78 is 0. The summed E-state index contributed by atoms with van der Waals surface area (Å²) >= 11 is 5.84. The van der Waals surface area contributed by atoms with Crippen molar-refractivity contribution in [2.24, 2.45) is 11.8 Å². The molecule has 1 aromatic carbocycles. The molecule has 1 fully saturated rings. The predicted octanol–water partition coefficient (Wildman–Crippen LogP) is 2.85. The third-order valence-electron chi connectivity index (χ3n) is 5.02. The van der Waals surface area contributed by atoms with Crippen molar-refractivity contribution in [2.45, 2.75) is 51.6 Å². The van der Waals surface area contributed by atoms with Gasteiger partial charge in [0.25, 0.3) is 5.91 Å². The van der Waals surface area contributed by atoms with Gasteiger partial charge in [0, 0.05) is 16.6 Å². The van der Waals surface area contributed by atoms with Gasteiger partial charge in [0.2, 0.25) is 5.91 Å². The molecule has 1 aliphatic rings. The van der Waals surface area contributed by atoms with E-state index in [0.29, 0.717) is 29.8 Å². The number of carboxylic acid groups (broad SMARTS) is 1. The molecule has 2 unspecified atom stereocenters. The SMILES string of the molecule is CCC(C)C(NC(=O)c1ccc(Cl)cc1)C(=O)N[C@@H]1CC[C@H](C(=O)O)C1. The van der Waals surface area contributed by atoms with Gasteiger partial charge in [0.1, 0.15) is 6.04 Å². The molecule has 3 N–H and O–H groups in total. The van der Waals surface area contributed by atoms with Crippen molar-refractivity contribution in [3.05, 3.63) is 34.9 Å². The number of carbonyl (C=O) groups is 3. The zero-order chi connectivity index (χ0) is 19.3. The smallest absolute Gasteiger partial charge is 0.306 e. The highest BCUT2D eigenvalue weighted by Crippen LogP contribution is 2.26. The molecule has 7 heteroatoms. The zero-order valence-corrected chi connectivity index (χ0v) is 15.8. The van der Waals surface area contributed by atoms with Crippen LogP contribution >= 0.6 is 11.6 Å². The molecule has 26 heavy (non-hydrogen) atoms. The van der Waals surface area contributed by atoms with E-state index in [1.165, 1.54) is 0 Å². The second-order valence-corrected chi connectivity index (χ2v) is 7.33. The van der Waals surface area contributed by atoms with E-state index in [9.17, 15) is 14.4 Å². The van der Waals surface area contributed by atoms with Crippen LogP contribution in [0.15, 0.2) is 24.3 Å². The molecule has 0 aromatic heterocycles. The third-order valence-corrected chi connectivity index (χ3v) is 5.27. The number of carbonyl (C=O) groups excluding carboxylic acids is 2. The first kappa shape index (κ1) is 20.2.